The Morgan fingerprint density at radius 3 is 2.33 bits per heavy atom. The second-order valence-electron chi connectivity index (χ2n) is 6.55. The predicted octanol–water partition coefficient (Wildman–Crippen LogP) is 2.01. The number of rotatable bonds is 6. The molecule has 24 heavy (non-hydrogen) atoms. The van der Waals surface area contributed by atoms with Crippen LogP contribution in [0.2, 0.25) is 0 Å². The van der Waals surface area contributed by atoms with Crippen LogP contribution in [0.25, 0.3) is 0 Å². The zero-order valence-electron chi connectivity index (χ0n) is 14.5. The minimum absolute atomic E-state index is 0.139. The Bertz CT molecular complexity index is 648. The number of methoxy groups -OCH3 is 1. The highest BCUT2D eigenvalue weighted by atomic mass is 32.2. The highest BCUT2D eigenvalue weighted by molar-refractivity contribution is 7.89. The van der Waals surface area contributed by atoms with Crippen LogP contribution in [0.5, 0.6) is 5.75 Å². The predicted molar refractivity (Wildman–Crippen MR) is 92.4 cm³/mol. The third kappa shape index (κ3) is 4.95. The van der Waals surface area contributed by atoms with E-state index in [0.717, 1.165) is 0 Å². The van der Waals surface area contributed by atoms with Gasteiger partial charge in [-0.25, -0.2) is 13.1 Å². The normalized spacial score (nSPS) is 16.4. The summed E-state index contributed by atoms with van der Waals surface area (Å²) in [4.78, 5) is 14.1. The van der Waals surface area contributed by atoms with Crippen molar-refractivity contribution < 1.29 is 17.9 Å². The molecular weight excluding hydrogens is 328 g/mol. The van der Waals surface area contributed by atoms with Crippen molar-refractivity contribution >= 4 is 15.9 Å². The van der Waals surface area contributed by atoms with Gasteiger partial charge in [-0.05, 0) is 43.0 Å². The van der Waals surface area contributed by atoms with Gasteiger partial charge in [-0.3, -0.25) is 4.79 Å². The molecule has 1 aliphatic rings. The highest BCUT2D eigenvalue weighted by Crippen LogP contribution is 2.18. The maximum absolute atomic E-state index is 12.4. The molecule has 134 valence electrons. The summed E-state index contributed by atoms with van der Waals surface area (Å²) in [6.07, 6.45) is 1.82. The summed E-state index contributed by atoms with van der Waals surface area (Å²) in [7, 11) is -2.01. The van der Waals surface area contributed by atoms with E-state index in [4.69, 9.17) is 4.74 Å². The molecule has 1 amide bonds. The van der Waals surface area contributed by atoms with Crippen molar-refractivity contribution in [1.29, 1.82) is 0 Å². The van der Waals surface area contributed by atoms with Gasteiger partial charge in [-0.1, -0.05) is 13.8 Å². The van der Waals surface area contributed by atoms with Gasteiger partial charge in [-0.15, -0.1) is 0 Å². The Labute approximate surface area is 144 Å². The number of ether oxygens (including phenoxy) is 1. The molecule has 1 saturated heterocycles. The number of nitrogens with zero attached hydrogens (tertiary/aromatic N) is 1. The molecule has 1 heterocycles. The first-order valence-corrected chi connectivity index (χ1v) is 9.74. The van der Waals surface area contributed by atoms with E-state index in [0.29, 0.717) is 44.0 Å². The number of sulfonamides is 1. The average Bonchev–Trinajstić information content (AvgIpc) is 2.54. The molecule has 7 heteroatoms. The van der Waals surface area contributed by atoms with Crippen LogP contribution in [0.1, 0.15) is 33.1 Å². The van der Waals surface area contributed by atoms with E-state index in [1.165, 1.54) is 19.2 Å². The lowest BCUT2D eigenvalue weighted by atomic mass is 10.0. The monoisotopic (exact) mass is 354 g/mol. The fourth-order valence-electron chi connectivity index (χ4n) is 2.77. The van der Waals surface area contributed by atoms with E-state index in [-0.39, 0.29) is 16.8 Å². The largest absolute Gasteiger partial charge is 0.497 e. The lowest BCUT2D eigenvalue weighted by Crippen LogP contribution is -2.46. The Morgan fingerprint density at radius 1 is 1.25 bits per heavy atom. The Balaban J connectivity index is 1.91. The number of piperidine rings is 1. The first kappa shape index (κ1) is 18.7. The number of likely N-dealkylation sites (tertiary alicyclic amines) is 1. The van der Waals surface area contributed by atoms with Crippen LogP contribution in [0.3, 0.4) is 0 Å². The summed E-state index contributed by atoms with van der Waals surface area (Å²) in [6, 6.07) is 6.18. The lowest BCUT2D eigenvalue weighted by molar-refractivity contribution is -0.133. The molecule has 1 fully saturated rings. The van der Waals surface area contributed by atoms with Gasteiger partial charge in [0.1, 0.15) is 5.75 Å². The van der Waals surface area contributed by atoms with Gasteiger partial charge < -0.3 is 9.64 Å². The zero-order valence-corrected chi connectivity index (χ0v) is 15.3. The Hall–Kier alpha value is -1.60. The standard InChI is InChI=1S/C17H26N2O4S/c1-13(2)12-17(20)19-10-8-14(9-11-19)18-24(21,22)16-6-4-15(23-3)5-7-16/h4-7,13-14,18H,8-12H2,1-3H3. The molecular formula is C17H26N2O4S. The second-order valence-corrected chi connectivity index (χ2v) is 8.26. The van der Waals surface area contributed by atoms with Crippen molar-refractivity contribution in [1.82, 2.24) is 9.62 Å². The molecule has 0 saturated carbocycles. The van der Waals surface area contributed by atoms with Gasteiger partial charge in [0.05, 0.1) is 12.0 Å². The first-order valence-electron chi connectivity index (χ1n) is 8.26. The molecule has 2 rings (SSSR count). The summed E-state index contributed by atoms with van der Waals surface area (Å²) in [6.45, 7) is 5.24. The van der Waals surface area contributed by atoms with E-state index >= 15 is 0 Å². The Kier molecular flexibility index (Phi) is 6.23. The first-order chi connectivity index (χ1) is 11.3. The Morgan fingerprint density at radius 2 is 1.83 bits per heavy atom. The van der Waals surface area contributed by atoms with E-state index < -0.39 is 10.0 Å². The summed E-state index contributed by atoms with van der Waals surface area (Å²) in [5.41, 5.74) is 0. The van der Waals surface area contributed by atoms with E-state index in [9.17, 15) is 13.2 Å². The van der Waals surface area contributed by atoms with Gasteiger partial charge >= 0.3 is 0 Å². The number of nitrogens with one attached hydrogen (secondary N) is 1. The lowest BCUT2D eigenvalue weighted by Gasteiger charge is -2.32. The minimum atomic E-state index is -3.55. The second kappa shape index (κ2) is 7.98. The van der Waals surface area contributed by atoms with Crippen LogP contribution >= 0.6 is 0 Å². The number of amides is 1. The molecule has 0 atom stereocenters. The van der Waals surface area contributed by atoms with E-state index in [1.54, 1.807) is 12.1 Å². The van der Waals surface area contributed by atoms with Crippen LogP contribution in [0.4, 0.5) is 0 Å². The van der Waals surface area contributed by atoms with Gasteiger partial charge in [-0.2, -0.15) is 0 Å². The summed E-state index contributed by atoms with van der Waals surface area (Å²) < 4.78 is 32.6. The third-order valence-corrected chi connectivity index (χ3v) is 5.66. The highest BCUT2D eigenvalue weighted by Gasteiger charge is 2.26. The molecule has 0 spiro atoms. The van der Waals surface area contributed by atoms with Crippen molar-refractivity contribution in [2.75, 3.05) is 20.2 Å². The molecule has 6 nitrogen and oxygen atoms in total. The number of hydrogen-bond acceptors (Lipinski definition) is 4. The van der Waals surface area contributed by atoms with Crippen LogP contribution in [-0.2, 0) is 14.8 Å². The van der Waals surface area contributed by atoms with Crippen LogP contribution in [0, 0.1) is 5.92 Å². The average molecular weight is 354 g/mol. The smallest absolute Gasteiger partial charge is 0.240 e. The van der Waals surface area contributed by atoms with E-state index in [2.05, 4.69) is 4.72 Å². The van der Waals surface area contributed by atoms with Crippen LogP contribution < -0.4 is 9.46 Å². The third-order valence-electron chi connectivity index (χ3n) is 4.12. The molecule has 1 aromatic rings. The fraction of sp³-hybridized carbons (Fsp3) is 0.588. The number of carbonyl (C=O) groups excluding carboxylic acids is 1. The fourth-order valence-corrected chi connectivity index (χ4v) is 4.07. The van der Waals surface area contributed by atoms with Gasteiger partial charge in [0.2, 0.25) is 15.9 Å². The van der Waals surface area contributed by atoms with Crippen molar-refractivity contribution in [2.45, 2.75) is 44.0 Å². The van der Waals surface area contributed by atoms with Crippen molar-refractivity contribution in [3.63, 3.8) is 0 Å². The topological polar surface area (TPSA) is 75.7 Å². The van der Waals surface area contributed by atoms with Crippen molar-refractivity contribution in [3.05, 3.63) is 24.3 Å². The molecule has 0 aliphatic carbocycles. The van der Waals surface area contributed by atoms with Gasteiger partial charge in [0.15, 0.2) is 0 Å². The molecule has 1 aliphatic heterocycles. The van der Waals surface area contributed by atoms with Crippen molar-refractivity contribution in [3.8, 4) is 5.75 Å². The molecule has 1 aromatic carbocycles. The van der Waals surface area contributed by atoms with Crippen molar-refractivity contribution in [2.24, 2.45) is 5.92 Å². The number of benzene rings is 1. The minimum Gasteiger partial charge on any atom is -0.497 e. The summed E-state index contributed by atoms with van der Waals surface area (Å²) in [5, 5.41) is 0. The number of carbonyl (C=O) groups is 1. The van der Waals surface area contributed by atoms with E-state index in [1.807, 2.05) is 18.7 Å². The van der Waals surface area contributed by atoms with Crippen LogP contribution in [0.15, 0.2) is 29.2 Å². The molecule has 1 N–H and O–H groups in total. The molecule has 0 bridgehead atoms. The van der Waals surface area contributed by atoms with Crippen LogP contribution in [-0.4, -0.2) is 45.5 Å². The maximum atomic E-state index is 12.4. The number of hydrogen-bond donors (Lipinski definition) is 1. The van der Waals surface area contributed by atoms with Gasteiger partial charge in [0, 0.05) is 25.6 Å². The molecule has 0 radical (unpaired) electrons. The zero-order chi connectivity index (χ0) is 17.7. The molecule has 0 unspecified atom stereocenters. The quantitative estimate of drug-likeness (QED) is 0.848. The molecule has 0 aromatic heterocycles. The van der Waals surface area contributed by atoms with Gasteiger partial charge in [0.25, 0.3) is 0 Å². The maximum Gasteiger partial charge on any atom is 0.240 e. The SMILES string of the molecule is COc1ccc(S(=O)(=O)NC2CCN(C(=O)CC(C)C)CC2)cc1. The summed E-state index contributed by atoms with van der Waals surface area (Å²) in [5.74, 6) is 1.11. The summed E-state index contributed by atoms with van der Waals surface area (Å²) >= 11 is 0.